The summed E-state index contributed by atoms with van der Waals surface area (Å²) in [4.78, 5) is 31.4. The summed E-state index contributed by atoms with van der Waals surface area (Å²) < 4.78 is 94.9. The van der Waals surface area contributed by atoms with Gasteiger partial charge in [0.1, 0.15) is 11.6 Å². The van der Waals surface area contributed by atoms with E-state index >= 15 is 0 Å². The van der Waals surface area contributed by atoms with E-state index in [1.165, 1.54) is 32.2 Å². The highest BCUT2D eigenvalue weighted by atomic mass is 19.4. The Bertz CT molecular complexity index is 1580. The van der Waals surface area contributed by atoms with E-state index < -0.39 is 64.5 Å². The van der Waals surface area contributed by atoms with Crippen molar-refractivity contribution < 1.29 is 45.4 Å². The van der Waals surface area contributed by atoms with Gasteiger partial charge < -0.3 is 15.3 Å². The second kappa shape index (κ2) is 12.9. The molecule has 0 amide bonds. The van der Waals surface area contributed by atoms with Crippen molar-refractivity contribution in [2.75, 3.05) is 29.9 Å². The van der Waals surface area contributed by atoms with Crippen LogP contribution >= 0.6 is 0 Å². The number of rotatable bonds is 9. The predicted molar refractivity (Wildman–Crippen MR) is 159 cm³/mol. The Morgan fingerprint density at radius 2 is 1.50 bits per heavy atom. The molecule has 0 saturated carbocycles. The summed E-state index contributed by atoms with van der Waals surface area (Å²) in [6, 6.07) is 7.03. The van der Waals surface area contributed by atoms with Crippen molar-refractivity contribution in [1.82, 2.24) is 4.98 Å². The smallest absolute Gasteiger partial charge is 0.416 e. The first-order valence-electron chi connectivity index (χ1n) is 14.6. The van der Waals surface area contributed by atoms with E-state index in [1.807, 2.05) is 4.90 Å². The van der Waals surface area contributed by atoms with Gasteiger partial charge in [-0.25, -0.2) is 9.37 Å². The number of alkyl halides is 6. The van der Waals surface area contributed by atoms with Crippen molar-refractivity contribution in [2.45, 2.75) is 58.3 Å². The summed E-state index contributed by atoms with van der Waals surface area (Å²) in [6.07, 6.45) is -7.39. The molecule has 46 heavy (non-hydrogen) atoms. The number of hydrogen-bond acceptors (Lipinski definition) is 5. The van der Waals surface area contributed by atoms with E-state index in [-0.39, 0.29) is 12.0 Å². The Morgan fingerprint density at radius 1 is 0.935 bits per heavy atom. The first-order chi connectivity index (χ1) is 21.3. The number of benzene rings is 2. The monoisotopic (exact) mass is 653 g/mol. The molecule has 1 atom stereocenters. The van der Waals surface area contributed by atoms with E-state index in [2.05, 4.69) is 10.3 Å². The number of carbonyl (C=O) groups excluding carboxylic acids is 1. The second-order valence-corrected chi connectivity index (χ2v) is 12.2. The molecule has 0 unspecified atom stereocenters. The average Bonchev–Trinajstić information content (AvgIpc) is 2.98. The van der Waals surface area contributed by atoms with Crippen molar-refractivity contribution in [2.24, 2.45) is 11.8 Å². The second-order valence-electron chi connectivity index (χ2n) is 12.2. The molecule has 4 rings (SSSR count). The highest BCUT2D eigenvalue weighted by Crippen LogP contribution is 2.40. The lowest BCUT2D eigenvalue weighted by Crippen LogP contribution is -2.37. The summed E-state index contributed by atoms with van der Waals surface area (Å²) >= 11 is 0. The SMILES string of the molecule is Cc1cc(F)ccc1-c1cc(N2CCC([C@H](C)C(=O)O)CC2)ncc1NCC(=O)C(C)(C)c1cc(C(F)(F)F)cc(C(F)(F)F)c1. The van der Waals surface area contributed by atoms with Gasteiger partial charge in [0, 0.05) is 18.7 Å². The lowest BCUT2D eigenvalue weighted by atomic mass is 9.79. The maximum atomic E-state index is 14.0. The first kappa shape index (κ1) is 34.7. The molecule has 6 nitrogen and oxygen atoms in total. The predicted octanol–water partition coefficient (Wildman–Crippen LogP) is 8.13. The summed E-state index contributed by atoms with van der Waals surface area (Å²) in [5.74, 6) is -1.91. The van der Waals surface area contributed by atoms with E-state index in [4.69, 9.17) is 0 Å². The summed E-state index contributed by atoms with van der Waals surface area (Å²) in [6.45, 7) is 6.53. The highest BCUT2D eigenvalue weighted by molar-refractivity contribution is 5.94. The molecule has 3 aromatic rings. The zero-order valence-electron chi connectivity index (χ0n) is 25.6. The standard InChI is InChI=1S/C33H34F7N3O3/c1-18-11-24(34)5-6-25(18)26-15-29(43-9-7-20(8-10-43)19(2)30(45)46)42-16-27(26)41-17-28(44)31(3,4)21-12-22(32(35,36)37)14-23(13-21)33(38,39)40/h5-6,11-16,19-20,41H,7-10,17H2,1-4H3,(H,45,46)/t19-/m0/s1. The highest BCUT2D eigenvalue weighted by Gasteiger charge is 2.40. The summed E-state index contributed by atoms with van der Waals surface area (Å²) in [5.41, 5.74) is -3.13. The fourth-order valence-corrected chi connectivity index (χ4v) is 5.61. The lowest BCUT2D eigenvalue weighted by molar-refractivity contribution is -0.144. The zero-order chi connectivity index (χ0) is 34.2. The van der Waals surface area contributed by atoms with E-state index in [9.17, 15) is 45.4 Å². The minimum atomic E-state index is -5.06. The number of halogens is 7. The van der Waals surface area contributed by atoms with Gasteiger partial charge in [0.25, 0.3) is 0 Å². The third-order valence-electron chi connectivity index (χ3n) is 8.77. The molecule has 0 aliphatic carbocycles. The molecule has 1 aromatic heterocycles. The van der Waals surface area contributed by atoms with Crippen LogP contribution in [0.5, 0.6) is 0 Å². The number of nitrogens with one attached hydrogen (secondary N) is 1. The van der Waals surface area contributed by atoms with Crippen LogP contribution in [-0.2, 0) is 27.4 Å². The fourth-order valence-electron chi connectivity index (χ4n) is 5.61. The van der Waals surface area contributed by atoms with Crippen LogP contribution in [-0.4, -0.2) is 41.5 Å². The van der Waals surface area contributed by atoms with Gasteiger partial charge in [0.05, 0.1) is 40.9 Å². The molecule has 248 valence electrons. The first-order valence-corrected chi connectivity index (χ1v) is 14.6. The van der Waals surface area contributed by atoms with Gasteiger partial charge in [0.15, 0.2) is 5.78 Å². The number of Topliss-reactive ketones (excluding diaryl/α,β-unsaturated/α-hetero) is 1. The number of aromatic nitrogens is 1. The van der Waals surface area contributed by atoms with Crippen molar-refractivity contribution >= 4 is 23.3 Å². The van der Waals surface area contributed by atoms with Crippen molar-refractivity contribution in [3.8, 4) is 11.1 Å². The van der Waals surface area contributed by atoms with Gasteiger partial charge >= 0.3 is 18.3 Å². The number of ketones is 1. The number of carboxylic acid groups (broad SMARTS) is 1. The molecule has 13 heteroatoms. The molecule has 2 aromatic carbocycles. The molecule has 1 aliphatic heterocycles. The maximum Gasteiger partial charge on any atom is 0.416 e. The third kappa shape index (κ3) is 7.61. The van der Waals surface area contributed by atoms with Gasteiger partial charge in [-0.2, -0.15) is 26.3 Å². The minimum absolute atomic E-state index is 0.00640. The summed E-state index contributed by atoms with van der Waals surface area (Å²) in [5, 5.41) is 12.3. The molecule has 2 heterocycles. The van der Waals surface area contributed by atoms with Crippen molar-refractivity contribution in [3.63, 3.8) is 0 Å². The van der Waals surface area contributed by atoms with Crippen molar-refractivity contribution in [1.29, 1.82) is 0 Å². The number of pyridine rings is 1. The minimum Gasteiger partial charge on any atom is -0.481 e. The van der Waals surface area contributed by atoms with Gasteiger partial charge in [-0.3, -0.25) is 9.59 Å². The molecular weight excluding hydrogens is 619 g/mol. The Kier molecular flexibility index (Phi) is 9.75. The number of aryl methyl sites for hydroxylation is 1. The maximum absolute atomic E-state index is 14.0. The number of anilines is 2. The van der Waals surface area contributed by atoms with Crippen LogP contribution in [0.4, 0.5) is 42.2 Å². The molecule has 0 bridgehead atoms. The molecule has 1 saturated heterocycles. The quantitative estimate of drug-likeness (QED) is 0.227. The molecule has 1 fully saturated rings. The van der Waals surface area contributed by atoms with Crippen LogP contribution in [0.2, 0.25) is 0 Å². The van der Waals surface area contributed by atoms with Gasteiger partial charge in [0.2, 0.25) is 0 Å². The van der Waals surface area contributed by atoms with E-state index in [1.54, 1.807) is 26.0 Å². The topological polar surface area (TPSA) is 82.5 Å². The Labute approximate surface area is 261 Å². The van der Waals surface area contributed by atoms with Gasteiger partial charge in [-0.05, 0) is 92.6 Å². The van der Waals surface area contributed by atoms with Crippen LogP contribution < -0.4 is 10.2 Å². The number of piperidine rings is 1. The Hall–Kier alpha value is -4.16. The Balaban J connectivity index is 1.63. The zero-order valence-corrected chi connectivity index (χ0v) is 25.6. The molecule has 1 aliphatic rings. The summed E-state index contributed by atoms with van der Waals surface area (Å²) in [7, 11) is 0. The number of carbonyl (C=O) groups is 2. The Morgan fingerprint density at radius 3 is 2.02 bits per heavy atom. The fraction of sp³-hybridized carbons (Fsp3) is 0.424. The van der Waals surface area contributed by atoms with Crippen LogP contribution in [0.25, 0.3) is 11.1 Å². The normalized spacial score (nSPS) is 15.5. The van der Waals surface area contributed by atoms with Crippen LogP contribution in [0.15, 0.2) is 48.7 Å². The molecule has 2 N–H and O–H groups in total. The van der Waals surface area contributed by atoms with E-state index in [0.717, 1.165) is 0 Å². The van der Waals surface area contributed by atoms with Gasteiger partial charge in [-0.1, -0.05) is 13.0 Å². The molecule has 0 spiro atoms. The lowest BCUT2D eigenvalue weighted by Gasteiger charge is -2.34. The molecule has 0 radical (unpaired) electrons. The number of carboxylic acids is 1. The number of aliphatic carboxylic acids is 1. The number of nitrogens with zero attached hydrogens (tertiary/aromatic N) is 2. The van der Waals surface area contributed by atoms with E-state index in [0.29, 0.717) is 66.3 Å². The largest absolute Gasteiger partial charge is 0.481 e. The van der Waals surface area contributed by atoms with Crippen LogP contribution in [0.3, 0.4) is 0 Å². The van der Waals surface area contributed by atoms with Crippen LogP contribution in [0.1, 0.15) is 55.9 Å². The average molecular weight is 654 g/mol. The van der Waals surface area contributed by atoms with Crippen LogP contribution in [0, 0.1) is 24.6 Å². The van der Waals surface area contributed by atoms with Gasteiger partial charge in [-0.15, -0.1) is 0 Å². The van der Waals surface area contributed by atoms with Crippen molar-refractivity contribution in [3.05, 3.63) is 76.7 Å². The number of hydrogen-bond donors (Lipinski definition) is 2. The molecular formula is C33H34F7N3O3. The third-order valence-corrected chi connectivity index (χ3v) is 8.77.